The van der Waals surface area contributed by atoms with Crippen molar-refractivity contribution in [1.82, 2.24) is 9.97 Å². The molecule has 21 heavy (non-hydrogen) atoms. The number of pyridine rings is 2. The molecule has 4 nitrogen and oxygen atoms in total. The van der Waals surface area contributed by atoms with E-state index < -0.39 is 5.82 Å². The van der Waals surface area contributed by atoms with Gasteiger partial charge in [0, 0.05) is 16.3 Å². The van der Waals surface area contributed by atoms with E-state index in [1.54, 1.807) is 24.3 Å². The van der Waals surface area contributed by atoms with E-state index in [0.717, 1.165) is 0 Å². The summed E-state index contributed by atoms with van der Waals surface area (Å²) >= 11 is 0. The van der Waals surface area contributed by atoms with Crippen LogP contribution in [0.15, 0.2) is 52.1 Å². The van der Waals surface area contributed by atoms with Gasteiger partial charge in [0.05, 0.1) is 5.52 Å². The zero-order valence-electron chi connectivity index (χ0n) is 10.7. The molecular weight excluding hydrogens is 271 g/mol. The largest absolute Gasteiger partial charge is 0.350 e. The number of para-hydroxylation sites is 1. The van der Waals surface area contributed by atoms with E-state index in [1.807, 2.05) is 0 Å². The van der Waals surface area contributed by atoms with Gasteiger partial charge in [0.2, 0.25) is 10.9 Å². The molecule has 0 bridgehead atoms. The second kappa shape index (κ2) is 4.02. The SMILES string of the molecule is O=c1c2ccccc2[nH]c2c(=O)c3ccc(F)cc3[nH]c12. The molecule has 2 aromatic heterocycles. The zero-order valence-corrected chi connectivity index (χ0v) is 10.7. The standard InChI is InChI=1S/C16H9FN2O2/c17-8-5-6-10-12(7-8)19-14-13(16(10)21)18-11-4-2-1-3-9(11)15(14)20/h1-7H,(H,18,20)(H,19,21). The Morgan fingerprint density at radius 1 is 0.762 bits per heavy atom. The van der Waals surface area contributed by atoms with Crippen LogP contribution in [0.25, 0.3) is 32.8 Å². The van der Waals surface area contributed by atoms with Gasteiger partial charge in [-0.05, 0) is 30.3 Å². The molecule has 0 fully saturated rings. The van der Waals surface area contributed by atoms with Crippen LogP contribution in [0.2, 0.25) is 0 Å². The van der Waals surface area contributed by atoms with Gasteiger partial charge in [-0.25, -0.2) is 4.39 Å². The van der Waals surface area contributed by atoms with Crippen molar-refractivity contribution >= 4 is 32.8 Å². The predicted molar refractivity (Wildman–Crippen MR) is 80.2 cm³/mol. The number of halogens is 1. The fraction of sp³-hybridized carbons (Fsp3) is 0. The van der Waals surface area contributed by atoms with Crippen molar-refractivity contribution in [1.29, 1.82) is 0 Å². The van der Waals surface area contributed by atoms with E-state index in [9.17, 15) is 14.0 Å². The Hall–Kier alpha value is -2.95. The second-order valence-electron chi connectivity index (χ2n) is 4.89. The first-order valence-electron chi connectivity index (χ1n) is 6.41. The van der Waals surface area contributed by atoms with Gasteiger partial charge in [-0.15, -0.1) is 0 Å². The minimum Gasteiger partial charge on any atom is -0.350 e. The van der Waals surface area contributed by atoms with Crippen LogP contribution in [-0.2, 0) is 0 Å². The van der Waals surface area contributed by atoms with Crippen LogP contribution in [0.3, 0.4) is 0 Å². The first kappa shape index (κ1) is 11.8. The van der Waals surface area contributed by atoms with Gasteiger partial charge < -0.3 is 9.97 Å². The minimum absolute atomic E-state index is 0.164. The maximum absolute atomic E-state index is 13.3. The van der Waals surface area contributed by atoms with E-state index in [1.165, 1.54) is 18.2 Å². The Kier molecular flexibility index (Phi) is 2.27. The lowest BCUT2D eigenvalue weighted by atomic mass is 10.1. The van der Waals surface area contributed by atoms with Crippen molar-refractivity contribution in [2.24, 2.45) is 0 Å². The first-order chi connectivity index (χ1) is 10.1. The molecule has 5 heteroatoms. The smallest absolute Gasteiger partial charge is 0.213 e. The van der Waals surface area contributed by atoms with Gasteiger partial charge in [0.15, 0.2) is 0 Å². The number of benzene rings is 2. The van der Waals surface area contributed by atoms with Crippen molar-refractivity contribution in [3.05, 3.63) is 68.7 Å². The van der Waals surface area contributed by atoms with Gasteiger partial charge >= 0.3 is 0 Å². The molecule has 0 aliphatic rings. The molecule has 4 aromatic rings. The highest BCUT2D eigenvalue weighted by atomic mass is 19.1. The number of hydrogen-bond donors (Lipinski definition) is 2. The molecule has 2 heterocycles. The lowest BCUT2D eigenvalue weighted by molar-refractivity contribution is 0.629. The molecule has 4 rings (SSSR count). The van der Waals surface area contributed by atoms with Crippen molar-refractivity contribution in [3.8, 4) is 0 Å². The Morgan fingerprint density at radius 3 is 2.14 bits per heavy atom. The average molecular weight is 280 g/mol. The van der Waals surface area contributed by atoms with Crippen molar-refractivity contribution < 1.29 is 4.39 Å². The fourth-order valence-electron chi connectivity index (χ4n) is 2.61. The van der Waals surface area contributed by atoms with Gasteiger partial charge in [0.25, 0.3) is 0 Å². The summed E-state index contributed by atoms with van der Waals surface area (Å²) in [6.45, 7) is 0. The molecule has 0 radical (unpaired) electrons. The Labute approximate surface area is 116 Å². The molecule has 0 saturated heterocycles. The molecule has 0 aliphatic heterocycles. The van der Waals surface area contributed by atoms with Gasteiger partial charge in [0.1, 0.15) is 16.9 Å². The quantitative estimate of drug-likeness (QED) is 0.486. The first-order valence-corrected chi connectivity index (χ1v) is 6.41. The Balaban J connectivity index is 2.34. The van der Waals surface area contributed by atoms with E-state index in [-0.39, 0.29) is 21.9 Å². The zero-order chi connectivity index (χ0) is 14.6. The summed E-state index contributed by atoms with van der Waals surface area (Å²) in [6.07, 6.45) is 0. The van der Waals surface area contributed by atoms with Gasteiger partial charge in [-0.3, -0.25) is 9.59 Å². The molecule has 102 valence electrons. The lowest BCUT2D eigenvalue weighted by Crippen LogP contribution is -2.14. The Morgan fingerprint density at radius 2 is 1.38 bits per heavy atom. The third-order valence-electron chi connectivity index (χ3n) is 3.62. The summed E-state index contributed by atoms with van der Waals surface area (Å²) in [5.41, 5.74) is 0.689. The van der Waals surface area contributed by atoms with Crippen molar-refractivity contribution in [3.63, 3.8) is 0 Å². The summed E-state index contributed by atoms with van der Waals surface area (Å²) in [5, 5.41) is 0.825. The third-order valence-corrected chi connectivity index (χ3v) is 3.62. The highest BCUT2D eigenvalue weighted by Crippen LogP contribution is 2.15. The van der Waals surface area contributed by atoms with Gasteiger partial charge in [-0.1, -0.05) is 12.1 Å². The highest BCUT2D eigenvalue weighted by molar-refractivity contribution is 5.96. The van der Waals surface area contributed by atoms with Crippen molar-refractivity contribution in [2.45, 2.75) is 0 Å². The maximum Gasteiger partial charge on any atom is 0.213 e. The summed E-state index contributed by atoms with van der Waals surface area (Å²) in [7, 11) is 0. The lowest BCUT2D eigenvalue weighted by Gasteiger charge is -2.05. The number of hydrogen-bond acceptors (Lipinski definition) is 2. The molecule has 2 aromatic carbocycles. The summed E-state index contributed by atoms with van der Waals surface area (Å²) < 4.78 is 13.3. The topological polar surface area (TPSA) is 65.7 Å². The predicted octanol–water partition coefficient (Wildman–Crippen LogP) is 2.66. The molecule has 2 N–H and O–H groups in total. The summed E-state index contributed by atoms with van der Waals surface area (Å²) in [4.78, 5) is 30.8. The normalized spacial score (nSPS) is 11.5. The minimum atomic E-state index is -0.463. The van der Waals surface area contributed by atoms with E-state index in [2.05, 4.69) is 9.97 Å². The number of fused-ring (bicyclic) bond motifs is 3. The molecule has 0 atom stereocenters. The van der Waals surface area contributed by atoms with Crippen LogP contribution < -0.4 is 10.9 Å². The van der Waals surface area contributed by atoms with Crippen LogP contribution in [-0.4, -0.2) is 9.97 Å². The van der Waals surface area contributed by atoms with E-state index in [0.29, 0.717) is 21.8 Å². The van der Waals surface area contributed by atoms with E-state index in [4.69, 9.17) is 0 Å². The number of nitrogens with one attached hydrogen (secondary N) is 2. The number of aromatic amines is 2. The molecule has 0 aliphatic carbocycles. The molecule has 0 unspecified atom stereocenters. The second-order valence-corrected chi connectivity index (χ2v) is 4.89. The van der Waals surface area contributed by atoms with Crippen LogP contribution in [0.4, 0.5) is 4.39 Å². The number of H-pyrrole nitrogens is 2. The molecule has 0 spiro atoms. The van der Waals surface area contributed by atoms with Gasteiger partial charge in [-0.2, -0.15) is 0 Å². The number of rotatable bonds is 0. The molecular formula is C16H9FN2O2. The van der Waals surface area contributed by atoms with Crippen LogP contribution in [0, 0.1) is 5.82 Å². The Bertz CT molecular complexity index is 1140. The fourth-order valence-corrected chi connectivity index (χ4v) is 2.61. The van der Waals surface area contributed by atoms with Crippen LogP contribution >= 0.6 is 0 Å². The summed E-state index contributed by atoms with van der Waals surface area (Å²) in [5.74, 6) is -0.463. The summed E-state index contributed by atoms with van der Waals surface area (Å²) in [6, 6.07) is 10.8. The number of aromatic nitrogens is 2. The van der Waals surface area contributed by atoms with Crippen LogP contribution in [0.5, 0.6) is 0 Å². The van der Waals surface area contributed by atoms with Crippen molar-refractivity contribution in [2.75, 3.05) is 0 Å². The third kappa shape index (κ3) is 1.61. The van der Waals surface area contributed by atoms with E-state index >= 15 is 0 Å². The average Bonchev–Trinajstić information content (AvgIpc) is 2.49. The maximum atomic E-state index is 13.3. The molecule has 0 saturated carbocycles. The highest BCUT2D eigenvalue weighted by Gasteiger charge is 2.11. The monoisotopic (exact) mass is 280 g/mol. The van der Waals surface area contributed by atoms with Crippen LogP contribution in [0.1, 0.15) is 0 Å². The molecule has 0 amide bonds.